The number of pyridine rings is 1. The van der Waals surface area contributed by atoms with E-state index in [1.54, 1.807) is 25.3 Å². The molecule has 2 unspecified atom stereocenters. The van der Waals surface area contributed by atoms with Crippen molar-refractivity contribution >= 4 is 34.5 Å². The SMILES string of the molecule is C[C@H](O)c1cnn(-c2ncc(NC(O)C3CC4(CCC4)c4c3cnc3cc(Cl)nn43)cc2Cl)n1. The zero-order valence-corrected chi connectivity index (χ0v) is 19.7. The summed E-state index contributed by atoms with van der Waals surface area (Å²) >= 11 is 12.6. The third-order valence-electron chi connectivity index (χ3n) is 6.95. The molecule has 10 nitrogen and oxygen atoms in total. The highest BCUT2D eigenvalue weighted by atomic mass is 35.5. The fraction of sp³-hybridized carbons (Fsp3) is 0.409. The molecule has 0 bridgehead atoms. The number of anilines is 1. The second-order valence-electron chi connectivity index (χ2n) is 9.10. The number of hydrogen-bond acceptors (Lipinski definition) is 8. The number of rotatable bonds is 5. The molecule has 0 aliphatic heterocycles. The van der Waals surface area contributed by atoms with Gasteiger partial charge in [0.25, 0.3) is 0 Å². The van der Waals surface area contributed by atoms with E-state index in [0.717, 1.165) is 42.6 Å². The standard InChI is InChI=1S/C22H22Cl2N8O2/c1-11(33)16-10-27-32(29-16)20-15(23)5-12(8-26-20)28-21(34)13-7-22(3-2-4-22)19-14(13)9-25-18-6-17(24)30-31(18)19/h5-6,8-11,13,21,28,33-34H,2-4,7H2,1H3/t11-,13?,21?/m0/s1. The van der Waals surface area contributed by atoms with Gasteiger partial charge in [-0.2, -0.15) is 10.2 Å². The predicted octanol–water partition coefficient (Wildman–Crippen LogP) is 3.40. The Bertz CT molecular complexity index is 1400. The van der Waals surface area contributed by atoms with E-state index >= 15 is 0 Å². The summed E-state index contributed by atoms with van der Waals surface area (Å²) in [6, 6.07) is 3.42. The first-order valence-electron chi connectivity index (χ1n) is 11.1. The number of fused-ring (bicyclic) bond motifs is 4. The first kappa shape index (κ1) is 21.7. The third-order valence-corrected chi connectivity index (χ3v) is 7.41. The molecule has 2 aliphatic carbocycles. The lowest BCUT2D eigenvalue weighted by Crippen LogP contribution is -2.35. The Morgan fingerprint density at radius 2 is 1.94 bits per heavy atom. The number of aliphatic hydroxyl groups is 2. The zero-order valence-electron chi connectivity index (χ0n) is 18.2. The number of halogens is 2. The van der Waals surface area contributed by atoms with Gasteiger partial charge in [-0.15, -0.1) is 9.90 Å². The van der Waals surface area contributed by atoms with Crippen LogP contribution < -0.4 is 5.32 Å². The minimum atomic E-state index is -0.877. The molecule has 0 saturated heterocycles. The molecule has 0 aromatic carbocycles. The highest BCUT2D eigenvalue weighted by Gasteiger charge is 2.51. The summed E-state index contributed by atoms with van der Waals surface area (Å²) < 4.78 is 1.84. The molecule has 3 N–H and O–H groups in total. The molecule has 4 aromatic heterocycles. The van der Waals surface area contributed by atoms with Crippen LogP contribution in [0, 0.1) is 0 Å². The Balaban J connectivity index is 1.28. The maximum Gasteiger partial charge on any atom is 0.193 e. The Labute approximate surface area is 204 Å². The summed E-state index contributed by atoms with van der Waals surface area (Å²) in [7, 11) is 0. The van der Waals surface area contributed by atoms with Crippen molar-refractivity contribution in [3.8, 4) is 5.82 Å². The molecule has 12 heteroatoms. The van der Waals surface area contributed by atoms with Gasteiger partial charge < -0.3 is 15.5 Å². The largest absolute Gasteiger partial charge is 0.387 e. The highest BCUT2D eigenvalue weighted by Crippen LogP contribution is 2.57. The van der Waals surface area contributed by atoms with Gasteiger partial charge in [-0.3, -0.25) is 0 Å². The molecule has 1 fully saturated rings. The van der Waals surface area contributed by atoms with Gasteiger partial charge in [-0.1, -0.05) is 29.6 Å². The second kappa shape index (κ2) is 7.88. The molecule has 3 atom stereocenters. The van der Waals surface area contributed by atoms with Gasteiger partial charge in [0.2, 0.25) is 0 Å². The van der Waals surface area contributed by atoms with Crippen molar-refractivity contribution in [3.63, 3.8) is 0 Å². The Morgan fingerprint density at radius 3 is 2.62 bits per heavy atom. The summed E-state index contributed by atoms with van der Waals surface area (Å²) in [4.78, 5) is 10.1. The van der Waals surface area contributed by atoms with E-state index < -0.39 is 12.3 Å². The molecule has 4 aromatic rings. The molecule has 34 heavy (non-hydrogen) atoms. The van der Waals surface area contributed by atoms with Crippen molar-refractivity contribution in [2.45, 2.75) is 56.3 Å². The van der Waals surface area contributed by atoms with Crippen LogP contribution in [0.5, 0.6) is 0 Å². The molecule has 6 rings (SSSR count). The molecule has 4 heterocycles. The Morgan fingerprint density at radius 1 is 1.12 bits per heavy atom. The predicted molar refractivity (Wildman–Crippen MR) is 125 cm³/mol. The number of aliphatic hydroxyl groups excluding tert-OH is 2. The van der Waals surface area contributed by atoms with Crippen LogP contribution in [-0.4, -0.2) is 51.0 Å². The highest BCUT2D eigenvalue weighted by molar-refractivity contribution is 6.32. The minimum Gasteiger partial charge on any atom is -0.387 e. The Kier molecular flexibility index (Phi) is 5.03. The third kappa shape index (κ3) is 3.36. The lowest BCUT2D eigenvalue weighted by molar-refractivity contribution is 0.141. The summed E-state index contributed by atoms with van der Waals surface area (Å²) in [6.45, 7) is 1.61. The Hall–Kier alpha value is -2.79. The van der Waals surface area contributed by atoms with E-state index in [2.05, 4.69) is 30.6 Å². The van der Waals surface area contributed by atoms with E-state index in [-0.39, 0.29) is 11.3 Å². The fourth-order valence-corrected chi connectivity index (χ4v) is 5.59. The van der Waals surface area contributed by atoms with Gasteiger partial charge in [-0.05, 0) is 32.3 Å². The van der Waals surface area contributed by atoms with Crippen LogP contribution in [0.2, 0.25) is 10.2 Å². The van der Waals surface area contributed by atoms with Crippen LogP contribution in [0.25, 0.3) is 11.5 Å². The van der Waals surface area contributed by atoms with Crippen LogP contribution in [0.3, 0.4) is 0 Å². The topological polar surface area (TPSA) is 126 Å². The van der Waals surface area contributed by atoms with Gasteiger partial charge in [0.05, 0.1) is 34.9 Å². The van der Waals surface area contributed by atoms with Gasteiger partial charge in [0, 0.05) is 29.2 Å². The molecular formula is C22H22Cl2N8O2. The molecule has 1 spiro atoms. The van der Waals surface area contributed by atoms with E-state index in [4.69, 9.17) is 23.2 Å². The van der Waals surface area contributed by atoms with Crippen LogP contribution in [0.1, 0.15) is 61.6 Å². The van der Waals surface area contributed by atoms with Crippen LogP contribution in [0.15, 0.2) is 30.7 Å². The first-order chi connectivity index (χ1) is 16.3. The normalized spacial score (nSPS) is 20.3. The summed E-state index contributed by atoms with van der Waals surface area (Å²) in [5.41, 5.74) is 3.76. The van der Waals surface area contributed by atoms with Crippen LogP contribution in [0.4, 0.5) is 5.69 Å². The molecule has 176 valence electrons. The lowest BCUT2D eigenvalue weighted by Gasteiger charge is -2.39. The van der Waals surface area contributed by atoms with Gasteiger partial charge >= 0.3 is 0 Å². The van der Waals surface area contributed by atoms with E-state index in [0.29, 0.717) is 27.4 Å². The maximum absolute atomic E-state index is 11.2. The monoisotopic (exact) mass is 500 g/mol. The smallest absolute Gasteiger partial charge is 0.193 e. The van der Waals surface area contributed by atoms with Crippen LogP contribution >= 0.6 is 23.2 Å². The maximum atomic E-state index is 11.2. The molecular weight excluding hydrogens is 479 g/mol. The van der Waals surface area contributed by atoms with Gasteiger partial charge in [0.15, 0.2) is 16.6 Å². The van der Waals surface area contributed by atoms with E-state index in [1.165, 1.54) is 11.0 Å². The molecule has 0 amide bonds. The van der Waals surface area contributed by atoms with Gasteiger partial charge in [0.1, 0.15) is 11.9 Å². The second-order valence-corrected chi connectivity index (χ2v) is 9.89. The number of aromatic nitrogens is 7. The lowest BCUT2D eigenvalue weighted by atomic mass is 9.66. The van der Waals surface area contributed by atoms with Crippen molar-refractivity contribution in [3.05, 3.63) is 57.9 Å². The zero-order chi connectivity index (χ0) is 23.6. The molecule has 2 aliphatic rings. The summed E-state index contributed by atoms with van der Waals surface area (Å²) in [5.74, 6) is 0.158. The fourth-order valence-electron chi connectivity index (χ4n) is 5.17. The number of nitrogens with zero attached hydrogens (tertiary/aromatic N) is 7. The average molecular weight is 501 g/mol. The van der Waals surface area contributed by atoms with Crippen molar-refractivity contribution in [2.75, 3.05) is 5.32 Å². The van der Waals surface area contributed by atoms with Crippen molar-refractivity contribution in [1.82, 2.24) is 34.6 Å². The van der Waals surface area contributed by atoms with E-state index in [1.807, 2.05) is 10.7 Å². The first-order valence-corrected chi connectivity index (χ1v) is 11.9. The van der Waals surface area contributed by atoms with Gasteiger partial charge in [-0.25, -0.2) is 14.5 Å². The van der Waals surface area contributed by atoms with Crippen LogP contribution in [-0.2, 0) is 5.41 Å². The quantitative estimate of drug-likeness (QED) is 0.355. The van der Waals surface area contributed by atoms with E-state index in [9.17, 15) is 10.2 Å². The summed E-state index contributed by atoms with van der Waals surface area (Å²) in [5, 5.41) is 37.5. The van der Waals surface area contributed by atoms with Crippen molar-refractivity contribution in [1.29, 1.82) is 0 Å². The molecule has 0 radical (unpaired) electrons. The average Bonchev–Trinajstić information content (AvgIpc) is 3.47. The van der Waals surface area contributed by atoms with Crippen molar-refractivity contribution < 1.29 is 10.2 Å². The minimum absolute atomic E-state index is 0.0216. The summed E-state index contributed by atoms with van der Waals surface area (Å²) in [6.07, 6.45) is 7.29. The molecule has 1 saturated carbocycles. The number of hydrogen-bond donors (Lipinski definition) is 3. The number of nitrogens with one attached hydrogen (secondary N) is 1. The van der Waals surface area contributed by atoms with Crippen molar-refractivity contribution in [2.24, 2.45) is 0 Å².